The number of H-pyrrole nitrogens is 1. The van der Waals surface area contributed by atoms with Gasteiger partial charge in [-0.3, -0.25) is 0 Å². The molecule has 0 aliphatic heterocycles. The van der Waals surface area contributed by atoms with Gasteiger partial charge in [0.25, 0.3) is 0 Å². The maximum absolute atomic E-state index is 13.4. The first-order valence-corrected chi connectivity index (χ1v) is 6.74. The lowest BCUT2D eigenvalue weighted by atomic mass is 9.92. The number of rotatable bonds is 3. The van der Waals surface area contributed by atoms with Gasteiger partial charge in [0, 0.05) is 16.1 Å². The van der Waals surface area contributed by atoms with Crippen LogP contribution in [0, 0.1) is 11.7 Å². The Kier molecular flexibility index (Phi) is 3.57. The lowest BCUT2D eigenvalue weighted by molar-refractivity contribution is 0.525. The summed E-state index contributed by atoms with van der Waals surface area (Å²) < 4.78 is 14.2. The number of hydrogen-bond donors (Lipinski definition) is 1. The standard InChI is InChI=1S/C14H17BrFN/c1-8(2)4-9(3)12-7-17-14-11(12)5-10(16)6-13(14)15/h5-9,17H,4H2,1-3H3. The van der Waals surface area contributed by atoms with Crippen molar-refractivity contribution in [2.24, 2.45) is 5.92 Å². The molecule has 0 saturated heterocycles. The summed E-state index contributed by atoms with van der Waals surface area (Å²) in [6.45, 7) is 6.62. The van der Waals surface area contributed by atoms with Crippen molar-refractivity contribution in [1.29, 1.82) is 0 Å². The number of benzene rings is 1. The minimum Gasteiger partial charge on any atom is -0.360 e. The first-order valence-electron chi connectivity index (χ1n) is 5.95. The van der Waals surface area contributed by atoms with Gasteiger partial charge in [-0.05, 0) is 51.9 Å². The monoisotopic (exact) mass is 297 g/mol. The fraction of sp³-hybridized carbons (Fsp3) is 0.429. The van der Waals surface area contributed by atoms with Crippen molar-refractivity contribution in [2.75, 3.05) is 0 Å². The molecule has 1 heterocycles. The number of halogens is 2. The average molecular weight is 298 g/mol. The molecule has 1 atom stereocenters. The molecule has 0 spiro atoms. The molecule has 17 heavy (non-hydrogen) atoms. The molecule has 1 N–H and O–H groups in total. The van der Waals surface area contributed by atoms with Gasteiger partial charge in [0.2, 0.25) is 0 Å². The summed E-state index contributed by atoms with van der Waals surface area (Å²) in [5.74, 6) is 0.895. The number of hydrogen-bond acceptors (Lipinski definition) is 0. The molecule has 1 nitrogen and oxygen atoms in total. The van der Waals surface area contributed by atoms with E-state index in [0.717, 1.165) is 21.8 Å². The third-order valence-corrected chi connectivity index (χ3v) is 3.72. The molecule has 1 unspecified atom stereocenters. The summed E-state index contributed by atoms with van der Waals surface area (Å²) in [7, 11) is 0. The van der Waals surface area contributed by atoms with Gasteiger partial charge >= 0.3 is 0 Å². The number of aromatic nitrogens is 1. The highest BCUT2D eigenvalue weighted by atomic mass is 79.9. The normalized spacial score (nSPS) is 13.5. The van der Waals surface area contributed by atoms with Crippen LogP contribution in [-0.4, -0.2) is 4.98 Å². The van der Waals surface area contributed by atoms with Gasteiger partial charge in [-0.15, -0.1) is 0 Å². The molecule has 0 aliphatic carbocycles. The van der Waals surface area contributed by atoms with Crippen LogP contribution in [0.15, 0.2) is 22.8 Å². The van der Waals surface area contributed by atoms with E-state index in [2.05, 4.69) is 41.7 Å². The van der Waals surface area contributed by atoms with Crippen LogP contribution in [0.1, 0.15) is 38.7 Å². The zero-order chi connectivity index (χ0) is 12.6. The second-order valence-electron chi connectivity index (χ2n) is 5.08. The van der Waals surface area contributed by atoms with Crippen LogP contribution in [-0.2, 0) is 0 Å². The molecule has 0 amide bonds. The number of fused-ring (bicyclic) bond motifs is 1. The summed E-state index contributed by atoms with van der Waals surface area (Å²) in [5, 5.41) is 0.991. The van der Waals surface area contributed by atoms with E-state index in [4.69, 9.17) is 0 Å². The van der Waals surface area contributed by atoms with E-state index in [1.54, 1.807) is 6.07 Å². The van der Waals surface area contributed by atoms with Crippen molar-refractivity contribution in [2.45, 2.75) is 33.1 Å². The average Bonchev–Trinajstić information content (AvgIpc) is 2.59. The minimum atomic E-state index is -0.193. The van der Waals surface area contributed by atoms with Gasteiger partial charge < -0.3 is 4.98 Å². The summed E-state index contributed by atoms with van der Waals surface area (Å²) in [4.78, 5) is 3.22. The molecule has 3 heteroatoms. The van der Waals surface area contributed by atoms with E-state index in [0.29, 0.717) is 11.8 Å². The van der Waals surface area contributed by atoms with Gasteiger partial charge in [0.05, 0.1) is 5.52 Å². The van der Waals surface area contributed by atoms with Crippen molar-refractivity contribution in [3.63, 3.8) is 0 Å². The Morgan fingerprint density at radius 2 is 2.00 bits per heavy atom. The first kappa shape index (κ1) is 12.6. The van der Waals surface area contributed by atoms with E-state index in [1.807, 2.05) is 6.20 Å². The van der Waals surface area contributed by atoms with E-state index in [1.165, 1.54) is 11.6 Å². The molecule has 0 fully saturated rings. The maximum Gasteiger partial charge on any atom is 0.125 e. The Morgan fingerprint density at radius 3 is 2.65 bits per heavy atom. The van der Waals surface area contributed by atoms with Crippen molar-refractivity contribution in [3.05, 3.63) is 34.2 Å². The van der Waals surface area contributed by atoms with Gasteiger partial charge in [-0.1, -0.05) is 20.8 Å². The predicted octanol–water partition coefficient (Wildman–Crippen LogP) is 5.22. The molecule has 92 valence electrons. The smallest absolute Gasteiger partial charge is 0.125 e. The minimum absolute atomic E-state index is 0.193. The second kappa shape index (κ2) is 4.81. The third-order valence-electron chi connectivity index (χ3n) is 3.09. The van der Waals surface area contributed by atoms with Gasteiger partial charge in [-0.25, -0.2) is 4.39 Å². The van der Waals surface area contributed by atoms with E-state index >= 15 is 0 Å². The van der Waals surface area contributed by atoms with Gasteiger partial charge in [0.1, 0.15) is 5.82 Å². The quantitative estimate of drug-likeness (QED) is 0.799. The molecular weight excluding hydrogens is 281 g/mol. The topological polar surface area (TPSA) is 15.8 Å². The third kappa shape index (κ3) is 2.54. The van der Waals surface area contributed by atoms with Gasteiger partial charge in [-0.2, -0.15) is 0 Å². The van der Waals surface area contributed by atoms with Crippen molar-refractivity contribution in [1.82, 2.24) is 4.98 Å². The Balaban J connectivity index is 2.48. The van der Waals surface area contributed by atoms with E-state index in [9.17, 15) is 4.39 Å². The van der Waals surface area contributed by atoms with E-state index in [-0.39, 0.29) is 5.82 Å². The fourth-order valence-electron chi connectivity index (χ4n) is 2.42. The predicted molar refractivity (Wildman–Crippen MR) is 73.8 cm³/mol. The SMILES string of the molecule is CC(C)CC(C)c1c[nH]c2c(Br)cc(F)cc12. The van der Waals surface area contributed by atoms with Crippen LogP contribution < -0.4 is 0 Å². The zero-order valence-electron chi connectivity index (χ0n) is 10.3. The summed E-state index contributed by atoms with van der Waals surface area (Å²) >= 11 is 3.39. The van der Waals surface area contributed by atoms with Crippen LogP contribution >= 0.6 is 15.9 Å². The van der Waals surface area contributed by atoms with Crippen LogP contribution in [0.25, 0.3) is 10.9 Å². The number of aromatic amines is 1. The summed E-state index contributed by atoms with van der Waals surface area (Å²) in [6.07, 6.45) is 3.11. The highest BCUT2D eigenvalue weighted by molar-refractivity contribution is 9.10. The molecule has 2 rings (SSSR count). The molecule has 0 radical (unpaired) electrons. The van der Waals surface area contributed by atoms with Crippen molar-refractivity contribution >= 4 is 26.8 Å². The molecule has 1 aromatic carbocycles. The zero-order valence-corrected chi connectivity index (χ0v) is 11.9. The molecular formula is C14H17BrFN. The van der Waals surface area contributed by atoms with Crippen molar-refractivity contribution < 1.29 is 4.39 Å². The van der Waals surface area contributed by atoms with Gasteiger partial charge in [0.15, 0.2) is 0 Å². The Bertz CT molecular complexity index is 530. The molecule has 0 bridgehead atoms. The Morgan fingerprint density at radius 1 is 1.29 bits per heavy atom. The molecule has 0 saturated carbocycles. The highest BCUT2D eigenvalue weighted by Crippen LogP contribution is 2.33. The molecule has 1 aromatic heterocycles. The molecule has 0 aliphatic rings. The maximum atomic E-state index is 13.4. The van der Waals surface area contributed by atoms with Crippen LogP contribution in [0.3, 0.4) is 0 Å². The lowest BCUT2D eigenvalue weighted by Crippen LogP contribution is -1.98. The first-order chi connectivity index (χ1) is 7.99. The van der Waals surface area contributed by atoms with Crippen LogP contribution in [0.4, 0.5) is 4.39 Å². The van der Waals surface area contributed by atoms with Crippen LogP contribution in [0.2, 0.25) is 0 Å². The second-order valence-corrected chi connectivity index (χ2v) is 5.94. The largest absolute Gasteiger partial charge is 0.360 e. The number of nitrogens with one attached hydrogen (secondary N) is 1. The van der Waals surface area contributed by atoms with Crippen molar-refractivity contribution in [3.8, 4) is 0 Å². The van der Waals surface area contributed by atoms with E-state index < -0.39 is 0 Å². The Hall–Kier alpha value is -0.830. The molecule has 2 aromatic rings. The Labute approximate surface area is 110 Å². The highest BCUT2D eigenvalue weighted by Gasteiger charge is 2.14. The van der Waals surface area contributed by atoms with Crippen LogP contribution in [0.5, 0.6) is 0 Å². The summed E-state index contributed by atoms with van der Waals surface area (Å²) in [6, 6.07) is 3.11. The fourth-order valence-corrected chi connectivity index (χ4v) is 2.96. The lowest BCUT2D eigenvalue weighted by Gasteiger charge is -2.13. The summed E-state index contributed by atoms with van der Waals surface area (Å²) in [5.41, 5.74) is 2.19.